The number of ether oxygens (including phenoxy) is 1. The van der Waals surface area contributed by atoms with Gasteiger partial charge in [0.15, 0.2) is 0 Å². The Balaban J connectivity index is 1.15. The van der Waals surface area contributed by atoms with Gasteiger partial charge in [0.25, 0.3) is 5.56 Å². The van der Waals surface area contributed by atoms with Gasteiger partial charge in [-0.2, -0.15) is 0 Å². The first kappa shape index (κ1) is 25.3. The van der Waals surface area contributed by atoms with Crippen molar-refractivity contribution in [2.45, 2.75) is 55.2 Å². The Kier molecular flexibility index (Phi) is 6.84. The summed E-state index contributed by atoms with van der Waals surface area (Å²) in [6, 6.07) is 7.96. The molecule has 0 amide bonds. The van der Waals surface area contributed by atoms with Crippen LogP contribution in [0.15, 0.2) is 63.9 Å². The molecule has 2 aliphatic rings. The Labute approximate surface area is 230 Å². The lowest BCUT2D eigenvalue weighted by Gasteiger charge is -2.39. The zero-order valence-electron chi connectivity index (χ0n) is 21.4. The Morgan fingerprint density at radius 3 is 2.68 bits per heavy atom. The molecule has 0 bridgehead atoms. The van der Waals surface area contributed by atoms with E-state index in [-0.39, 0.29) is 11.7 Å². The van der Waals surface area contributed by atoms with Crippen LogP contribution >= 0.6 is 23.4 Å². The number of nitrogens with zero attached hydrogens (tertiary/aromatic N) is 6. The molecule has 1 saturated heterocycles. The van der Waals surface area contributed by atoms with Crippen LogP contribution in [0.1, 0.15) is 31.0 Å². The molecule has 1 spiro atoms. The molecule has 4 heterocycles. The molecule has 1 aliphatic heterocycles. The second-order valence-electron chi connectivity index (χ2n) is 10.3. The molecular weight excluding hydrogens is 520 g/mol. The number of anilines is 1. The summed E-state index contributed by atoms with van der Waals surface area (Å²) in [5.74, 6) is 0.891. The van der Waals surface area contributed by atoms with E-state index in [0.29, 0.717) is 27.9 Å². The van der Waals surface area contributed by atoms with Crippen LogP contribution in [0.25, 0.3) is 10.9 Å². The SMILES string of the molecule is COC(C)Cn1cnc2ccc(Sc3cnc(N4CCC5(CC4)Cc4cccnc4C5)cn3)c(Cl)c2c1=O. The van der Waals surface area contributed by atoms with Crippen LogP contribution in [-0.4, -0.2) is 50.8 Å². The van der Waals surface area contributed by atoms with Gasteiger partial charge in [-0.15, -0.1) is 0 Å². The number of rotatable bonds is 6. The van der Waals surface area contributed by atoms with Gasteiger partial charge in [0, 0.05) is 37.0 Å². The third kappa shape index (κ3) is 4.79. The van der Waals surface area contributed by atoms with Crippen LogP contribution in [0, 0.1) is 5.41 Å². The van der Waals surface area contributed by atoms with E-state index >= 15 is 0 Å². The molecule has 1 atom stereocenters. The fraction of sp³-hybridized carbons (Fsp3) is 0.393. The number of methoxy groups -OCH3 is 1. The van der Waals surface area contributed by atoms with Crippen molar-refractivity contribution >= 4 is 40.1 Å². The van der Waals surface area contributed by atoms with Gasteiger partial charge < -0.3 is 9.64 Å². The molecule has 4 aromatic rings. The van der Waals surface area contributed by atoms with Crippen molar-refractivity contribution in [2.75, 3.05) is 25.1 Å². The summed E-state index contributed by atoms with van der Waals surface area (Å²) in [4.78, 5) is 34.6. The quantitative estimate of drug-likeness (QED) is 0.339. The topological polar surface area (TPSA) is 86.0 Å². The molecule has 3 aromatic heterocycles. The first-order valence-electron chi connectivity index (χ1n) is 12.8. The molecule has 1 aliphatic carbocycles. The summed E-state index contributed by atoms with van der Waals surface area (Å²) >= 11 is 8.11. The number of pyridine rings is 1. The molecule has 0 radical (unpaired) electrons. The predicted molar refractivity (Wildman–Crippen MR) is 149 cm³/mol. The maximum absolute atomic E-state index is 13.1. The number of fused-ring (bicyclic) bond motifs is 2. The van der Waals surface area contributed by atoms with Gasteiger partial charge in [0.1, 0.15) is 10.8 Å². The third-order valence-corrected chi connectivity index (χ3v) is 9.31. The van der Waals surface area contributed by atoms with Gasteiger partial charge in [-0.1, -0.05) is 29.4 Å². The summed E-state index contributed by atoms with van der Waals surface area (Å²) < 4.78 is 6.84. The molecule has 8 nitrogen and oxygen atoms in total. The van der Waals surface area contributed by atoms with E-state index in [9.17, 15) is 4.79 Å². The summed E-state index contributed by atoms with van der Waals surface area (Å²) in [6.45, 7) is 4.24. The lowest BCUT2D eigenvalue weighted by Crippen LogP contribution is -2.41. The molecule has 0 saturated carbocycles. The molecule has 38 heavy (non-hydrogen) atoms. The van der Waals surface area contributed by atoms with Crippen molar-refractivity contribution in [3.05, 3.63) is 75.8 Å². The average Bonchev–Trinajstić information content (AvgIpc) is 3.30. The lowest BCUT2D eigenvalue weighted by atomic mass is 9.76. The fourth-order valence-electron chi connectivity index (χ4n) is 5.56. The maximum atomic E-state index is 13.1. The summed E-state index contributed by atoms with van der Waals surface area (Å²) in [5.41, 5.74) is 3.40. The van der Waals surface area contributed by atoms with Gasteiger partial charge in [-0.05, 0) is 61.8 Å². The summed E-state index contributed by atoms with van der Waals surface area (Å²) in [6.07, 6.45) is 11.4. The third-order valence-electron chi connectivity index (χ3n) is 7.82. The summed E-state index contributed by atoms with van der Waals surface area (Å²) in [7, 11) is 1.62. The minimum absolute atomic E-state index is 0.117. The normalized spacial score (nSPS) is 17.2. The molecule has 10 heteroatoms. The molecule has 6 rings (SSSR count). The van der Waals surface area contributed by atoms with E-state index in [4.69, 9.17) is 21.3 Å². The summed E-state index contributed by atoms with van der Waals surface area (Å²) in [5, 5.41) is 1.50. The second-order valence-corrected chi connectivity index (χ2v) is 11.7. The Morgan fingerprint density at radius 1 is 1.11 bits per heavy atom. The highest BCUT2D eigenvalue weighted by atomic mass is 35.5. The zero-order chi connectivity index (χ0) is 26.3. The van der Waals surface area contributed by atoms with Crippen LogP contribution in [0.5, 0.6) is 0 Å². The lowest BCUT2D eigenvalue weighted by molar-refractivity contribution is 0.102. The number of aromatic nitrogens is 5. The second kappa shape index (κ2) is 10.3. The number of benzene rings is 1. The minimum Gasteiger partial charge on any atom is -0.380 e. The van der Waals surface area contributed by atoms with Crippen molar-refractivity contribution in [1.29, 1.82) is 0 Å². The Morgan fingerprint density at radius 2 is 1.95 bits per heavy atom. The average molecular weight is 549 g/mol. The number of hydrogen-bond donors (Lipinski definition) is 0. The first-order chi connectivity index (χ1) is 18.4. The highest BCUT2D eigenvalue weighted by Crippen LogP contribution is 2.44. The monoisotopic (exact) mass is 548 g/mol. The molecule has 1 aromatic carbocycles. The van der Waals surface area contributed by atoms with E-state index in [1.165, 1.54) is 27.6 Å². The van der Waals surface area contributed by atoms with E-state index in [2.05, 4.69) is 25.9 Å². The fourth-order valence-corrected chi connectivity index (χ4v) is 6.68. The van der Waals surface area contributed by atoms with Crippen molar-refractivity contribution in [3.8, 4) is 0 Å². The van der Waals surface area contributed by atoms with Crippen LogP contribution < -0.4 is 10.5 Å². The van der Waals surface area contributed by atoms with Crippen molar-refractivity contribution in [2.24, 2.45) is 5.41 Å². The molecule has 1 fully saturated rings. The van der Waals surface area contributed by atoms with Crippen molar-refractivity contribution in [1.82, 2.24) is 24.5 Å². The van der Waals surface area contributed by atoms with Crippen LogP contribution in [0.4, 0.5) is 5.82 Å². The molecule has 196 valence electrons. The molecule has 0 N–H and O–H groups in total. The number of halogens is 1. The Bertz CT molecular complexity index is 1510. The van der Waals surface area contributed by atoms with E-state index in [0.717, 1.165) is 54.5 Å². The van der Waals surface area contributed by atoms with Gasteiger partial charge in [0.05, 0.1) is 47.3 Å². The molecule has 1 unspecified atom stereocenters. The maximum Gasteiger partial charge on any atom is 0.262 e. The molecular formula is C28H29ClN6O2S. The van der Waals surface area contributed by atoms with E-state index in [1.807, 2.05) is 37.5 Å². The van der Waals surface area contributed by atoms with Crippen LogP contribution in [-0.2, 0) is 24.1 Å². The number of hydrogen-bond acceptors (Lipinski definition) is 8. The van der Waals surface area contributed by atoms with Crippen LogP contribution in [0.2, 0.25) is 5.02 Å². The van der Waals surface area contributed by atoms with Gasteiger partial charge in [-0.3, -0.25) is 14.3 Å². The smallest absolute Gasteiger partial charge is 0.262 e. The van der Waals surface area contributed by atoms with Gasteiger partial charge >= 0.3 is 0 Å². The first-order valence-corrected chi connectivity index (χ1v) is 14.0. The standard InChI is InChI=1S/C28H29ClN6O2S/c1-18(37-2)16-35-17-33-20-5-6-22(26(29)25(20)27(35)36)38-24-15-31-23(14-32-24)34-10-7-28(8-11-34)12-19-4-3-9-30-21(19)13-28/h3-6,9,14-15,17-18H,7-8,10-13,16H2,1-2H3. The number of piperidine rings is 1. The van der Waals surface area contributed by atoms with E-state index in [1.54, 1.807) is 19.6 Å². The largest absolute Gasteiger partial charge is 0.380 e. The highest BCUT2D eigenvalue weighted by Gasteiger charge is 2.40. The minimum atomic E-state index is -0.184. The van der Waals surface area contributed by atoms with Gasteiger partial charge in [-0.25, -0.2) is 15.0 Å². The highest BCUT2D eigenvalue weighted by molar-refractivity contribution is 7.99. The predicted octanol–water partition coefficient (Wildman–Crippen LogP) is 4.81. The van der Waals surface area contributed by atoms with Gasteiger partial charge in [0.2, 0.25) is 0 Å². The van der Waals surface area contributed by atoms with Crippen LogP contribution in [0.3, 0.4) is 0 Å². The van der Waals surface area contributed by atoms with Crippen molar-refractivity contribution in [3.63, 3.8) is 0 Å². The zero-order valence-corrected chi connectivity index (χ0v) is 23.0. The van der Waals surface area contributed by atoms with E-state index < -0.39 is 0 Å². The van der Waals surface area contributed by atoms with Crippen molar-refractivity contribution < 1.29 is 4.74 Å². The Hall–Kier alpha value is -3.01.